The van der Waals surface area contributed by atoms with Gasteiger partial charge in [0.15, 0.2) is 5.11 Å². The standard InChI is InChI=1S/C21H24N6S/c1-16(20-18-7-3-2-6-17(18)9-11-23-20)24-25-21(28)27-14-12-26(13-15-27)19-8-4-5-10-22-19/h2-11,16,24H,12-15H2,1H3,(H,25,28)/t16-/m1/s1. The fourth-order valence-electron chi connectivity index (χ4n) is 3.48. The first-order chi connectivity index (χ1) is 13.7. The van der Waals surface area contributed by atoms with Gasteiger partial charge in [0.2, 0.25) is 0 Å². The van der Waals surface area contributed by atoms with Crippen LogP contribution < -0.4 is 15.8 Å². The van der Waals surface area contributed by atoms with E-state index in [0.29, 0.717) is 5.11 Å². The van der Waals surface area contributed by atoms with Crippen molar-refractivity contribution in [2.24, 2.45) is 0 Å². The third-order valence-electron chi connectivity index (χ3n) is 5.05. The fraction of sp³-hybridized carbons (Fsp3) is 0.286. The second kappa shape index (κ2) is 8.50. The van der Waals surface area contributed by atoms with E-state index in [-0.39, 0.29) is 6.04 Å². The SMILES string of the molecule is C[C@@H](NNC(=S)N1CCN(c2ccccn2)CC1)c1nccc2ccccc12. The number of aromatic nitrogens is 2. The van der Waals surface area contributed by atoms with Gasteiger partial charge in [0, 0.05) is 44.0 Å². The number of rotatable bonds is 4. The lowest BCUT2D eigenvalue weighted by Gasteiger charge is -2.37. The van der Waals surface area contributed by atoms with E-state index >= 15 is 0 Å². The van der Waals surface area contributed by atoms with Crippen molar-refractivity contribution in [3.05, 3.63) is 66.6 Å². The molecule has 1 aliphatic rings. The Kier molecular flexibility index (Phi) is 5.64. The Bertz CT molecular complexity index is 935. The van der Waals surface area contributed by atoms with Gasteiger partial charge in [-0.2, -0.15) is 0 Å². The highest BCUT2D eigenvalue weighted by atomic mass is 32.1. The third-order valence-corrected chi connectivity index (χ3v) is 5.41. The Balaban J connectivity index is 1.32. The van der Waals surface area contributed by atoms with Crippen LogP contribution in [0, 0.1) is 0 Å². The van der Waals surface area contributed by atoms with Crippen LogP contribution in [0.25, 0.3) is 10.8 Å². The molecule has 0 radical (unpaired) electrons. The average Bonchev–Trinajstić information content (AvgIpc) is 2.77. The Labute approximate surface area is 170 Å². The van der Waals surface area contributed by atoms with Crippen LogP contribution in [0.4, 0.5) is 5.82 Å². The monoisotopic (exact) mass is 392 g/mol. The summed E-state index contributed by atoms with van der Waals surface area (Å²) in [7, 11) is 0. The molecule has 1 aliphatic heterocycles. The molecule has 0 spiro atoms. The van der Waals surface area contributed by atoms with E-state index in [1.165, 1.54) is 5.39 Å². The zero-order valence-corrected chi connectivity index (χ0v) is 16.7. The number of pyridine rings is 2. The summed E-state index contributed by atoms with van der Waals surface area (Å²) in [6, 6.07) is 16.4. The van der Waals surface area contributed by atoms with Gasteiger partial charge in [0.1, 0.15) is 5.82 Å². The minimum absolute atomic E-state index is 0.0267. The number of hydrazine groups is 1. The molecule has 3 aromatic rings. The first-order valence-corrected chi connectivity index (χ1v) is 9.93. The number of thiocarbonyl (C=S) groups is 1. The van der Waals surface area contributed by atoms with E-state index in [9.17, 15) is 0 Å². The van der Waals surface area contributed by atoms with Crippen molar-refractivity contribution in [2.45, 2.75) is 13.0 Å². The molecule has 0 unspecified atom stereocenters. The van der Waals surface area contributed by atoms with Crippen LogP contribution in [-0.2, 0) is 0 Å². The Morgan fingerprint density at radius 2 is 1.75 bits per heavy atom. The van der Waals surface area contributed by atoms with Crippen LogP contribution in [0.2, 0.25) is 0 Å². The minimum Gasteiger partial charge on any atom is -0.353 e. The third kappa shape index (κ3) is 4.05. The molecule has 3 heterocycles. The smallest absolute Gasteiger partial charge is 0.183 e. The molecule has 7 heteroatoms. The fourth-order valence-corrected chi connectivity index (χ4v) is 3.73. The molecule has 0 bridgehead atoms. The second-order valence-corrected chi connectivity index (χ2v) is 7.26. The molecule has 0 saturated carbocycles. The summed E-state index contributed by atoms with van der Waals surface area (Å²) < 4.78 is 0. The van der Waals surface area contributed by atoms with Gasteiger partial charge in [-0.1, -0.05) is 30.3 Å². The van der Waals surface area contributed by atoms with Crippen LogP contribution in [0.5, 0.6) is 0 Å². The predicted octanol–water partition coefficient (Wildman–Crippen LogP) is 2.89. The Morgan fingerprint density at radius 3 is 2.54 bits per heavy atom. The van der Waals surface area contributed by atoms with Gasteiger partial charge in [-0.05, 0) is 42.7 Å². The second-order valence-electron chi connectivity index (χ2n) is 6.88. The number of nitrogens with one attached hydrogen (secondary N) is 2. The summed E-state index contributed by atoms with van der Waals surface area (Å²) in [5.74, 6) is 1.02. The molecule has 6 nitrogen and oxygen atoms in total. The van der Waals surface area contributed by atoms with E-state index in [2.05, 4.69) is 49.7 Å². The molecular formula is C21H24N6S. The van der Waals surface area contributed by atoms with Gasteiger partial charge in [-0.15, -0.1) is 0 Å². The molecular weight excluding hydrogens is 368 g/mol. The number of hydrogen-bond donors (Lipinski definition) is 2. The summed E-state index contributed by atoms with van der Waals surface area (Å²) in [4.78, 5) is 13.5. The molecule has 144 valence electrons. The molecule has 4 rings (SSSR count). The van der Waals surface area contributed by atoms with Crippen molar-refractivity contribution in [3.63, 3.8) is 0 Å². The zero-order chi connectivity index (χ0) is 19.3. The Morgan fingerprint density at radius 1 is 0.964 bits per heavy atom. The van der Waals surface area contributed by atoms with Crippen LogP contribution in [0.1, 0.15) is 18.7 Å². The number of anilines is 1. The summed E-state index contributed by atoms with van der Waals surface area (Å²) in [6.45, 7) is 5.62. The summed E-state index contributed by atoms with van der Waals surface area (Å²) >= 11 is 5.59. The minimum atomic E-state index is 0.0267. The van der Waals surface area contributed by atoms with E-state index in [4.69, 9.17) is 12.2 Å². The highest BCUT2D eigenvalue weighted by Crippen LogP contribution is 2.21. The Hall–Kier alpha value is -2.77. The van der Waals surface area contributed by atoms with Crippen LogP contribution in [0.3, 0.4) is 0 Å². The van der Waals surface area contributed by atoms with Gasteiger partial charge >= 0.3 is 0 Å². The van der Waals surface area contributed by atoms with Gasteiger partial charge < -0.3 is 9.80 Å². The van der Waals surface area contributed by atoms with Crippen molar-refractivity contribution in [1.29, 1.82) is 0 Å². The van der Waals surface area contributed by atoms with Crippen molar-refractivity contribution >= 4 is 33.9 Å². The molecule has 0 amide bonds. The molecule has 28 heavy (non-hydrogen) atoms. The van der Waals surface area contributed by atoms with Crippen LogP contribution in [0.15, 0.2) is 60.9 Å². The lowest BCUT2D eigenvalue weighted by atomic mass is 10.1. The van der Waals surface area contributed by atoms with Crippen molar-refractivity contribution in [2.75, 3.05) is 31.1 Å². The highest BCUT2D eigenvalue weighted by Gasteiger charge is 2.20. The van der Waals surface area contributed by atoms with Crippen molar-refractivity contribution < 1.29 is 0 Å². The lowest BCUT2D eigenvalue weighted by molar-refractivity contribution is 0.367. The summed E-state index contributed by atoms with van der Waals surface area (Å²) in [5, 5.41) is 3.06. The summed E-state index contributed by atoms with van der Waals surface area (Å²) in [6.07, 6.45) is 3.69. The van der Waals surface area contributed by atoms with Crippen molar-refractivity contribution in [3.8, 4) is 0 Å². The first kappa shape index (κ1) is 18.6. The molecule has 1 saturated heterocycles. The first-order valence-electron chi connectivity index (χ1n) is 9.52. The molecule has 1 atom stereocenters. The maximum absolute atomic E-state index is 5.59. The molecule has 2 aromatic heterocycles. The summed E-state index contributed by atoms with van der Waals surface area (Å²) in [5.41, 5.74) is 7.52. The van der Waals surface area contributed by atoms with Crippen LogP contribution in [-0.4, -0.2) is 46.2 Å². The normalized spacial score (nSPS) is 15.5. The number of hydrogen-bond acceptors (Lipinski definition) is 5. The molecule has 2 N–H and O–H groups in total. The topological polar surface area (TPSA) is 56.3 Å². The number of benzene rings is 1. The number of piperazine rings is 1. The van der Waals surface area contributed by atoms with Crippen molar-refractivity contribution in [1.82, 2.24) is 25.7 Å². The highest BCUT2D eigenvalue weighted by molar-refractivity contribution is 7.80. The van der Waals surface area contributed by atoms with E-state index < -0.39 is 0 Å². The van der Waals surface area contributed by atoms with E-state index in [1.807, 2.05) is 48.8 Å². The van der Waals surface area contributed by atoms with E-state index in [0.717, 1.165) is 43.1 Å². The predicted molar refractivity (Wildman–Crippen MR) is 117 cm³/mol. The quantitative estimate of drug-likeness (QED) is 0.523. The van der Waals surface area contributed by atoms with Gasteiger partial charge in [0.05, 0.1) is 11.7 Å². The van der Waals surface area contributed by atoms with Gasteiger partial charge in [-0.3, -0.25) is 10.4 Å². The maximum Gasteiger partial charge on any atom is 0.183 e. The number of nitrogens with zero attached hydrogens (tertiary/aromatic N) is 4. The number of fused-ring (bicyclic) bond motifs is 1. The van der Waals surface area contributed by atoms with E-state index in [1.54, 1.807) is 0 Å². The van der Waals surface area contributed by atoms with Gasteiger partial charge in [0.25, 0.3) is 0 Å². The largest absolute Gasteiger partial charge is 0.353 e. The maximum atomic E-state index is 5.59. The molecule has 0 aliphatic carbocycles. The lowest BCUT2D eigenvalue weighted by Crippen LogP contribution is -2.54. The van der Waals surface area contributed by atoms with Gasteiger partial charge in [-0.25, -0.2) is 10.4 Å². The van der Waals surface area contributed by atoms with Crippen LogP contribution >= 0.6 is 12.2 Å². The average molecular weight is 393 g/mol. The molecule has 1 fully saturated rings. The zero-order valence-electron chi connectivity index (χ0n) is 15.9. The molecule has 1 aromatic carbocycles.